The molecule has 1 saturated heterocycles. The van der Waals surface area contributed by atoms with Crippen molar-refractivity contribution in [2.45, 2.75) is 85.9 Å². The lowest BCUT2D eigenvalue weighted by molar-refractivity contribution is -0.292. The Kier molecular flexibility index (Phi) is 7.00. The Bertz CT molecular complexity index is 261. The van der Waals surface area contributed by atoms with Gasteiger partial charge in [0, 0.05) is 11.8 Å². The van der Waals surface area contributed by atoms with Crippen LogP contribution in [0.1, 0.15) is 80.1 Å². The molecule has 0 aromatic carbocycles. The summed E-state index contributed by atoms with van der Waals surface area (Å²) in [6.07, 6.45) is 7.63. The van der Waals surface area contributed by atoms with E-state index in [-0.39, 0.29) is 11.2 Å². The third-order valence-corrected chi connectivity index (χ3v) is 4.34. The molecule has 0 amide bonds. The topological polar surface area (TPSA) is 18.5 Å². The van der Waals surface area contributed by atoms with Crippen LogP contribution in [0.2, 0.25) is 0 Å². The first-order chi connectivity index (χ1) is 9.22. The quantitative estimate of drug-likeness (QED) is 0.593. The van der Waals surface area contributed by atoms with Gasteiger partial charge in [0.15, 0.2) is 5.79 Å². The van der Waals surface area contributed by atoms with Crippen molar-refractivity contribution in [1.82, 2.24) is 0 Å². The molecule has 0 aliphatic carbocycles. The summed E-state index contributed by atoms with van der Waals surface area (Å²) in [6, 6.07) is 0. The maximum absolute atomic E-state index is 5.95. The van der Waals surface area contributed by atoms with Gasteiger partial charge in [-0.05, 0) is 25.2 Å². The monoisotopic (exact) mass is 284 g/mol. The van der Waals surface area contributed by atoms with Gasteiger partial charge in [0.1, 0.15) is 0 Å². The number of rotatable bonds is 8. The highest BCUT2D eigenvalue weighted by Crippen LogP contribution is 2.32. The van der Waals surface area contributed by atoms with Crippen molar-refractivity contribution >= 4 is 0 Å². The summed E-state index contributed by atoms with van der Waals surface area (Å²) in [7, 11) is 0. The van der Waals surface area contributed by atoms with Crippen molar-refractivity contribution in [3.8, 4) is 0 Å². The van der Waals surface area contributed by atoms with E-state index >= 15 is 0 Å². The molecule has 0 N–H and O–H groups in total. The second-order valence-electron chi connectivity index (χ2n) is 8.20. The molecule has 1 atom stereocenters. The molecule has 120 valence electrons. The Morgan fingerprint density at radius 2 is 1.40 bits per heavy atom. The lowest BCUT2D eigenvalue weighted by Crippen LogP contribution is -2.45. The van der Waals surface area contributed by atoms with Gasteiger partial charge >= 0.3 is 0 Å². The van der Waals surface area contributed by atoms with Gasteiger partial charge in [0.2, 0.25) is 0 Å². The molecule has 0 bridgehead atoms. The summed E-state index contributed by atoms with van der Waals surface area (Å²) in [4.78, 5) is 0. The Morgan fingerprint density at radius 3 is 1.95 bits per heavy atom. The molecule has 2 heteroatoms. The molecule has 0 radical (unpaired) electrons. The first kappa shape index (κ1) is 18.0. The molecular formula is C18H36O2. The van der Waals surface area contributed by atoms with Crippen molar-refractivity contribution in [1.29, 1.82) is 0 Å². The molecule has 1 aliphatic heterocycles. The van der Waals surface area contributed by atoms with Crippen LogP contribution in [-0.4, -0.2) is 19.0 Å². The normalized spacial score (nSPS) is 22.9. The molecule has 1 aliphatic rings. The average molecular weight is 284 g/mol. The van der Waals surface area contributed by atoms with Gasteiger partial charge in [0.25, 0.3) is 0 Å². The Labute approximate surface area is 126 Å². The van der Waals surface area contributed by atoms with E-state index in [1.54, 1.807) is 0 Å². The third-order valence-electron chi connectivity index (χ3n) is 4.34. The molecule has 20 heavy (non-hydrogen) atoms. The van der Waals surface area contributed by atoms with Crippen LogP contribution in [-0.2, 0) is 9.47 Å². The van der Waals surface area contributed by atoms with Crippen LogP contribution in [0.4, 0.5) is 0 Å². The molecule has 1 heterocycles. The highest BCUT2D eigenvalue weighted by Gasteiger charge is 2.36. The largest absolute Gasteiger partial charge is 0.350 e. The van der Waals surface area contributed by atoms with E-state index in [0.717, 1.165) is 31.5 Å². The van der Waals surface area contributed by atoms with Crippen LogP contribution < -0.4 is 0 Å². The smallest absolute Gasteiger partial charge is 0.165 e. The number of hydrogen-bond donors (Lipinski definition) is 0. The highest BCUT2D eigenvalue weighted by molar-refractivity contribution is 4.77. The Balaban J connectivity index is 2.14. The van der Waals surface area contributed by atoms with Gasteiger partial charge in [-0.25, -0.2) is 0 Å². The zero-order valence-corrected chi connectivity index (χ0v) is 14.6. The average Bonchev–Trinajstić information content (AvgIpc) is 2.33. The Morgan fingerprint density at radius 1 is 0.850 bits per heavy atom. The molecule has 0 aromatic heterocycles. The Hall–Kier alpha value is -0.0800. The van der Waals surface area contributed by atoms with E-state index < -0.39 is 0 Å². The standard InChI is InChI=1S/C18H36O2/c1-15(2)9-7-10-16(3)11-8-12-18(6)19-13-17(4,5)14-20-18/h15-16H,7-14H2,1-6H3. The molecule has 1 rings (SSSR count). The van der Waals surface area contributed by atoms with E-state index in [4.69, 9.17) is 9.47 Å². The van der Waals surface area contributed by atoms with Gasteiger partial charge < -0.3 is 9.47 Å². The van der Waals surface area contributed by atoms with Crippen LogP contribution in [0.5, 0.6) is 0 Å². The fraction of sp³-hybridized carbons (Fsp3) is 1.00. The maximum atomic E-state index is 5.95. The van der Waals surface area contributed by atoms with Gasteiger partial charge in [-0.3, -0.25) is 0 Å². The van der Waals surface area contributed by atoms with Crippen LogP contribution in [0.3, 0.4) is 0 Å². The predicted octanol–water partition coefficient (Wildman–Crippen LogP) is 5.41. The maximum Gasteiger partial charge on any atom is 0.165 e. The second-order valence-corrected chi connectivity index (χ2v) is 8.20. The lowest BCUT2D eigenvalue weighted by atomic mass is 9.92. The van der Waals surface area contributed by atoms with Gasteiger partial charge in [-0.15, -0.1) is 0 Å². The fourth-order valence-electron chi connectivity index (χ4n) is 2.71. The predicted molar refractivity (Wildman–Crippen MR) is 85.8 cm³/mol. The SMILES string of the molecule is CC(C)CCCC(C)CCCC1(C)OCC(C)(C)CO1. The second kappa shape index (κ2) is 7.79. The van der Waals surface area contributed by atoms with Crippen molar-refractivity contribution in [3.05, 3.63) is 0 Å². The summed E-state index contributed by atoms with van der Waals surface area (Å²) in [5, 5.41) is 0. The summed E-state index contributed by atoms with van der Waals surface area (Å²) in [5.41, 5.74) is 0.170. The van der Waals surface area contributed by atoms with E-state index in [9.17, 15) is 0 Å². The molecule has 2 nitrogen and oxygen atoms in total. The third kappa shape index (κ3) is 7.08. The van der Waals surface area contributed by atoms with Gasteiger partial charge in [0.05, 0.1) is 13.2 Å². The summed E-state index contributed by atoms with van der Waals surface area (Å²) in [5.74, 6) is 1.33. The van der Waals surface area contributed by atoms with Crippen molar-refractivity contribution < 1.29 is 9.47 Å². The summed E-state index contributed by atoms with van der Waals surface area (Å²) >= 11 is 0. The molecule has 0 aromatic rings. The van der Waals surface area contributed by atoms with E-state index in [2.05, 4.69) is 41.5 Å². The van der Waals surface area contributed by atoms with Crippen LogP contribution in [0.25, 0.3) is 0 Å². The number of ether oxygens (including phenoxy) is 2. The van der Waals surface area contributed by atoms with Crippen molar-refractivity contribution in [3.63, 3.8) is 0 Å². The highest BCUT2D eigenvalue weighted by atomic mass is 16.7. The van der Waals surface area contributed by atoms with Crippen LogP contribution in [0.15, 0.2) is 0 Å². The van der Waals surface area contributed by atoms with Crippen molar-refractivity contribution in [2.75, 3.05) is 13.2 Å². The van der Waals surface area contributed by atoms with Crippen LogP contribution in [0, 0.1) is 17.3 Å². The minimum Gasteiger partial charge on any atom is -0.350 e. The summed E-state index contributed by atoms with van der Waals surface area (Å²) < 4.78 is 11.9. The molecule has 1 unspecified atom stereocenters. The molecule has 0 saturated carbocycles. The first-order valence-electron chi connectivity index (χ1n) is 8.50. The lowest BCUT2D eigenvalue weighted by Gasteiger charge is -2.41. The molecular weight excluding hydrogens is 248 g/mol. The minimum absolute atomic E-state index is 0.170. The van der Waals surface area contributed by atoms with E-state index in [1.165, 1.54) is 32.1 Å². The van der Waals surface area contributed by atoms with Crippen LogP contribution >= 0.6 is 0 Å². The zero-order chi connectivity index (χ0) is 15.2. The van der Waals surface area contributed by atoms with Crippen molar-refractivity contribution in [2.24, 2.45) is 17.3 Å². The molecule has 1 fully saturated rings. The first-order valence-corrected chi connectivity index (χ1v) is 8.50. The summed E-state index contributed by atoms with van der Waals surface area (Å²) in [6.45, 7) is 15.1. The zero-order valence-electron chi connectivity index (χ0n) is 14.6. The van der Waals surface area contributed by atoms with E-state index in [1.807, 2.05) is 0 Å². The minimum atomic E-state index is -0.340. The van der Waals surface area contributed by atoms with Gasteiger partial charge in [-0.2, -0.15) is 0 Å². The van der Waals surface area contributed by atoms with Gasteiger partial charge in [-0.1, -0.05) is 60.3 Å². The fourth-order valence-corrected chi connectivity index (χ4v) is 2.71. The van der Waals surface area contributed by atoms with E-state index in [0.29, 0.717) is 0 Å². The molecule has 0 spiro atoms. The number of hydrogen-bond acceptors (Lipinski definition) is 2.